The fourth-order valence-corrected chi connectivity index (χ4v) is 3.01. The summed E-state index contributed by atoms with van der Waals surface area (Å²) in [5.41, 5.74) is 2.53. The maximum atomic E-state index is 12.5. The zero-order chi connectivity index (χ0) is 22.4. The van der Waals surface area contributed by atoms with Gasteiger partial charge in [-0.25, -0.2) is 4.79 Å². The van der Waals surface area contributed by atoms with Crippen LogP contribution in [0.25, 0.3) is 5.57 Å². The van der Waals surface area contributed by atoms with Crippen molar-refractivity contribution >= 4 is 11.5 Å². The Bertz CT molecular complexity index is 1070. The van der Waals surface area contributed by atoms with Gasteiger partial charge < -0.3 is 23.7 Å². The van der Waals surface area contributed by atoms with Gasteiger partial charge >= 0.3 is 5.97 Å². The Kier molecular flexibility index (Phi) is 6.77. The van der Waals surface area contributed by atoms with Crippen LogP contribution in [0.4, 0.5) is 0 Å². The lowest BCUT2D eigenvalue weighted by Crippen LogP contribution is -2.09. The molecule has 3 aromatic rings. The number of nitrogens with zero attached hydrogens (tertiary/aromatic N) is 1. The van der Waals surface area contributed by atoms with Crippen LogP contribution in [0.5, 0.6) is 28.7 Å². The third-order valence-electron chi connectivity index (χ3n) is 4.64. The molecule has 7 heteroatoms. The van der Waals surface area contributed by atoms with Crippen molar-refractivity contribution in [1.82, 2.24) is 4.98 Å². The maximum absolute atomic E-state index is 12.5. The third kappa shape index (κ3) is 4.61. The standard InChI is InChI=1S/C24H23NO6/c1-15(18-13-21(28-3)23(30-5)22(14-18)29-4)17-6-7-19(27-2)20(12-17)31-24(26)16-8-10-25-11-9-16/h6-14H,1H2,2-5H3. The first kappa shape index (κ1) is 21.7. The molecule has 0 saturated heterocycles. The van der Waals surface area contributed by atoms with Crippen molar-refractivity contribution in [2.45, 2.75) is 0 Å². The summed E-state index contributed by atoms with van der Waals surface area (Å²) in [6.45, 7) is 4.19. The van der Waals surface area contributed by atoms with E-state index in [9.17, 15) is 4.79 Å². The van der Waals surface area contributed by atoms with Crippen molar-refractivity contribution in [1.29, 1.82) is 0 Å². The molecular weight excluding hydrogens is 398 g/mol. The summed E-state index contributed by atoms with van der Waals surface area (Å²) in [6, 6.07) is 12.0. The highest BCUT2D eigenvalue weighted by Gasteiger charge is 2.18. The second-order valence-corrected chi connectivity index (χ2v) is 6.38. The number of hydrogen-bond acceptors (Lipinski definition) is 7. The quantitative estimate of drug-likeness (QED) is 0.394. The Morgan fingerprint density at radius 3 is 1.84 bits per heavy atom. The highest BCUT2D eigenvalue weighted by Crippen LogP contribution is 2.41. The Balaban J connectivity index is 1.97. The SMILES string of the molecule is C=C(c1ccc(OC)c(OC(=O)c2ccncc2)c1)c1cc(OC)c(OC)c(OC)c1. The maximum Gasteiger partial charge on any atom is 0.343 e. The molecule has 1 heterocycles. The van der Waals surface area contributed by atoms with E-state index in [0.717, 1.165) is 11.1 Å². The molecule has 0 unspecified atom stereocenters. The molecule has 0 aliphatic rings. The first-order valence-electron chi connectivity index (χ1n) is 9.32. The van der Waals surface area contributed by atoms with E-state index >= 15 is 0 Å². The summed E-state index contributed by atoms with van der Waals surface area (Å²) in [5.74, 6) is 1.69. The highest BCUT2D eigenvalue weighted by atomic mass is 16.6. The number of aromatic nitrogens is 1. The van der Waals surface area contributed by atoms with E-state index in [2.05, 4.69) is 11.6 Å². The number of rotatable bonds is 8. The Hall–Kier alpha value is -4.00. The largest absolute Gasteiger partial charge is 0.493 e. The fourth-order valence-electron chi connectivity index (χ4n) is 3.01. The van der Waals surface area contributed by atoms with Crippen LogP contribution in [0, 0.1) is 0 Å². The summed E-state index contributed by atoms with van der Waals surface area (Å²) in [6.07, 6.45) is 3.05. The van der Waals surface area contributed by atoms with Gasteiger partial charge in [0.25, 0.3) is 0 Å². The molecule has 2 aromatic carbocycles. The molecule has 0 amide bonds. The molecule has 7 nitrogen and oxygen atoms in total. The predicted molar refractivity (Wildman–Crippen MR) is 116 cm³/mol. The molecular formula is C24H23NO6. The molecule has 0 N–H and O–H groups in total. The van der Waals surface area contributed by atoms with Crippen LogP contribution in [0.15, 0.2) is 61.4 Å². The molecule has 31 heavy (non-hydrogen) atoms. The van der Waals surface area contributed by atoms with Crippen LogP contribution in [0.2, 0.25) is 0 Å². The lowest BCUT2D eigenvalue weighted by molar-refractivity contribution is 0.0729. The van der Waals surface area contributed by atoms with Crippen molar-refractivity contribution in [3.05, 3.63) is 78.1 Å². The smallest absolute Gasteiger partial charge is 0.343 e. The molecule has 3 rings (SSSR count). The molecule has 0 spiro atoms. The van der Waals surface area contributed by atoms with Crippen LogP contribution in [0.1, 0.15) is 21.5 Å². The molecule has 160 valence electrons. The lowest BCUT2D eigenvalue weighted by atomic mass is 9.98. The number of pyridine rings is 1. The van der Waals surface area contributed by atoms with Crippen LogP contribution < -0.4 is 23.7 Å². The van der Waals surface area contributed by atoms with Crippen LogP contribution in [-0.4, -0.2) is 39.4 Å². The number of carbonyl (C=O) groups excluding carboxylic acids is 1. The highest BCUT2D eigenvalue weighted by molar-refractivity contribution is 5.91. The van der Waals surface area contributed by atoms with E-state index in [1.807, 2.05) is 6.07 Å². The van der Waals surface area contributed by atoms with Crippen molar-refractivity contribution in [2.75, 3.05) is 28.4 Å². The number of esters is 1. The second-order valence-electron chi connectivity index (χ2n) is 6.38. The minimum atomic E-state index is -0.517. The molecule has 0 radical (unpaired) electrons. The first-order chi connectivity index (χ1) is 15.0. The Morgan fingerprint density at radius 1 is 0.710 bits per heavy atom. The molecule has 0 atom stereocenters. The topological polar surface area (TPSA) is 76.1 Å². The number of benzene rings is 2. The van der Waals surface area contributed by atoms with Gasteiger partial charge in [0.2, 0.25) is 5.75 Å². The normalized spacial score (nSPS) is 10.2. The Morgan fingerprint density at radius 2 is 1.29 bits per heavy atom. The van der Waals surface area contributed by atoms with Gasteiger partial charge in [-0.1, -0.05) is 12.6 Å². The van der Waals surface area contributed by atoms with E-state index in [1.165, 1.54) is 19.5 Å². The van der Waals surface area contributed by atoms with E-state index in [-0.39, 0.29) is 5.75 Å². The van der Waals surface area contributed by atoms with Crippen molar-refractivity contribution in [3.63, 3.8) is 0 Å². The Labute approximate surface area is 180 Å². The van der Waals surface area contributed by atoms with Gasteiger partial charge in [0.05, 0.1) is 34.0 Å². The summed E-state index contributed by atoms with van der Waals surface area (Å²) >= 11 is 0. The number of ether oxygens (including phenoxy) is 5. The summed E-state index contributed by atoms with van der Waals surface area (Å²) in [7, 11) is 6.15. The van der Waals surface area contributed by atoms with E-state index in [4.69, 9.17) is 23.7 Å². The molecule has 1 aromatic heterocycles. The zero-order valence-electron chi connectivity index (χ0n) is 17.8. The van der Waals surface area contributed by atoms with Crippen LogP contribution in [0.3, 0.4) is 0 Å². The minimum absolute atomic E-state index is 0.274. The average molecular weight is 421 g/mol. The van der Waals surface area contributed by atoms with Crippen LogP contribution >= 0.6 is 0 Å². The van der Waals surface area contributed by atoms with Gasteiger partial charge in [-0.15, -0.1) is 0 Å². The summed E-state index contributed by atoms with van der Waals surface area (Å²) in [5, 5.41) is 0. The zero-order valence-corrected chi connectivity index (χ0v) is 17.8. The molecule has 0 saturated carbocycles. The fraction of sp³-hybridized carbons (Fsp3) is 0.167. The number of hydrogen-bond donors (Lipinski definition) is 0. The van der Waals surface area contributed by atoms with E-state index in [0.29, 0.717) is 34.1 Å². The number of carbonyl (C=O) groups is 1. The third-order valence-corrected chi connectivity index (χ3v) is 4.64. The minimum Gasteiger partial charge on any atom is -0.493 e. The first-order valence-corrected chi connectivity index (χ1v) is 9.32. The van der Waals surface area contributed by atoms with E-state index in [1.54, 1.807) is 57.7 Å². The van der Waals surface area contributed by atoms with E-state index < -0.39 is 5.97 Å². The number of methoxy groups -OCH3 is 4. The van der Waals surface area contributed by atoms with Gasteiger partial charge in [-0.05, 0) is 53.1 Å². The molecule has 0 fully saturated rings. The van der Waals surface area contributed by atoms with Crippen LogP contribution in [-0.2, 0) is 0 Å². The molecule has 0 aliphatic heterocycles. The van der Waals surface area contributed by atoms with Crippen molar-refractivity contribution in [3.8, 4) is 28.7 Å². The lowest BCUT2D eigenvalue weighted by Gasteiger charge is -2.16. The van der Waals surface area contributed by atoms with Gasteiger partial charge in [0.1, 0.15) is 0 Å². The monoisotopic (exact) mass is 421 g/mol. The van der Waals surface area contributed by atoms with Gasteiger partial charge in [-0.2, -0.15) is 0 Å². The van der Waals surface area contributed by atoms with Gasteiger partial charge in [0, 0.05) is 12.4 Å². The van der Waals surface area contributed by atoms with Crippen molar-refractivity contribution in [2.24, 2.45) is 0 Å². The predicted octanol–water partition coefficient (Wildman–Crippen LogP) is 4.40. The summed E-state index contributed by atoms with van der Waals surface area (Å²) < 4.78 is 27.2. The molecule has 0 aliphatic carbocycles. The van der Waals surface area contributed by atoms with Crippen molar-refractivity contribution < 1.29 is 28.5 Å². The van der Waals surface area contributed by atoms with Gasteiger partial charge in [-0.3, -0.25) is 4.98 Å². The van der Waals surface area contributed by atoms with Gasteiger partial charge in [0.15, 0.2) is 23.0 Å². The second kappa shape index (κ2) is 9.67. The molecule has 0 bridgehead atoms. The average Bonchev–Trinajstić information content (AvgIpc) is 2.82. The summed E-state index contributed by atoms with van der Waals surface area (Å²) in [4.78, 5) is 16.4.